The molecule has 0 amide bonds. The summed E-state index contributed by atoms with van der Waals surface area (Å²) in [6, 6.07) is 0.431. The second kappa shape index (κ2) is 9.45. The van der Waals surface area contributed by atoms with Crippen LogP contribution in [0.25, 0.3) is 0 Å². The molecule has 21 heavy (non-hydrogen) atoms. The van der Waals surface area contributed by atoms with Gasteiger partial charge in [-0.25, -0.2) is 0 Å². The molecule has 0 atom stereocenters. The molecule has 0 radical (unpaired) electrons. The summed E-state index contributed by atoms with van der Waals surface area (Å²) in [5, 5.41) is 9.54. The fourth-order valence-electron chi connectivity index (χ4n) is 3.69. The molecule has 124 valence electrons. The molecule has 1 N–H and O–H groups in total. The minimum atomic E-state index is -0.753. The van der Waals surface area contributed by atoms with Crippen molar-refractivity contribution in [3.63, 3.8) is 0 Å². The van der Waals surface area contributed by atoms with E-state index < -0.39 is 11.5 Å². The first-order chi connectivity index (χ1) is 10.00. The van der Waals surface area contributed by atoms with E-state index in [9.17, 15) is 9.90 Å². The van der Waals surface area contributed by atoms with Crippen LogP contribution in [-0.4, -0.2) is 34.1 Å². The van der Waals surface area contributed by atoms with Crippen LogP contribution in [0.4, 0.5) is 0 Å². The van der Waals surface area contributed by atoms with Crippen molar-refractivity contribution in [2.24, 2.45) is 0 Å². The fourth-order valence-corrected chi connectivity index (χ4v) is 3.69. The third-order valence-corrected chi connectivity index (χ3v) is 5.10. The van der Waals surface area contributed by atoms with Crippen LogP contribution in [0.5, 0.6) is 0 Å². The molecule has 0 saturated heterocycles. The van der Waals surface area contributed by atoms with Crippen molar-refractivity contribution >= 4 is 5.97 Å². The normalized spacial score (nSPS) is 20.8. The lowest BCUT2D eigenvalue weighted by atomic mass is 9.92. The van der Waals surface area contributed by atoms with Crippen LogP contribution in [-0.2, 0) is 4.79 Å². The first-order valence-corrected chi connectivity index (χ1v) is 9.00. The summed E-state index contributed by atoms with van der Waals surface area (Å²) in [7, 11) is 0. The SMILES string of the molecule is CCN(C1CCCCCCCCCCC1)C(C)(C)C(=O)O. The molecule has 0 bridgehead atoms. The molecule has 1 aliphatic carbocycles. The lowest BCUT2D eigenvalue weighted by Gasteiger charge is -2.41. The standard InChI is InChI=1S/C18H35NO2/c1-4-19(18(2,3)17(20)21)16-14-12-10-8-6-5-7-9-11-13-15-16/h16H,4-15H2,1-3H3,(H,20,21). The predicted molar refractivity (Wildman–Crippen MR) is 88.7 cm³/mol. The van der Waals surface area contributed by atoms with Gasteiger partial charge in [0, 0.05) is 6.04 Å². The first kappa shape index (κ1) is 18.5. The molecule has 0 heterocycles. The van der Waals surface area contributed by atoms with E-state index in [0.29, 0.717) is 6.04 Å². The van der Waals surface area contributed by atoms with Gasteiger partial charge < -0.3 is 5.11 Å². The number of hydrogen-bond donors (Lipinski definition) is 1. The summed E-state index contributed by atoms with van der Waals surface area (Å²) < 4.78 is 0. The second-order valence-corrected chi connectivity index (χ2v) is 7.06. The van der Waals surface area contributed by atoms with Gasteiger partial charge in [0.2, 0.25) is 0 Å². The first-order valence-electron chi connectivity index (χ1n) is 9.00. The van der Waals surface area contributed by atoms with Gasteiger partial charge >= 0.3 is 5.97 Å². The van der Waals surface area contributed by atoms with Crippen LogP contribution in [0.2, 0.25) is 0 Å². The van der Waals surface area contributed by atoms with Gasteiger partial charge in [-0.05, 0) is 33.2 Å². The number of nitrogens with zero attached hydrogens (tertiary/aromatic N) is 1. The van der Waals surface area contributed by atoms with Crippen molar-refractivity contribution in [2.45, 2.75) is 103 Å². The minimum Gasteiger partial charge on any atom is -0.480 e. The summed E-state index contributed by atoms with van der Waals surface area (Å²) >= 11 is 0. The zero-order valence-electron chi connectivity index (χ0n) is 14.4. The van der Waals surface area contributed by atoms with Crippen molar-refractivity contribution in [1.82, 2.24) is 4.90 Å². The molecule has 0 aromatic carbocycles. The maximum Gasteiger partial charge on any atom is 0.323 e. The van der Waals surface area contributed by atoms with Crippen LogP contribution < -0.4 is 0 Å². The van der Waals surface area contributed by atoms with Crippen molar-refractivity contribution in [3.8, 4) is 0 Å². The smallest absolute Gasteiger partial charge is 0.323 e. The van der Waals surface area contributed by atoms with Crippen LogP contribution in [0.15, 0.2) is 0 Å². The molecule has 3 heteroatoms. The fraction of sp³-hybridized carbons (Fsp3) is 0.944. The molecule has 1 fully saturated rings. The molecular weight excluding hydrogens is 262 g/mol. The lowest BCUT2D eigenvalue weighted by molar-refractivity contribution is -0.151. The predicted octanol–water partition coefficient (Wildman–Crippen LogP) is 4.84. The molecule has 0 aliphatic heterocycles. The Morgan fingerprint density at radius 2 is 1.33 bits per heavy atom. The topological polar surface area (TPSA) is 40.5 Å². The number of carbonyl (C=O) groups is 1. The van der Waals surface area contributed by atoms with Crippen LogP contribution in [0.1, 0.15) is 91.4 Å². The highest BCUT2D eigenvalue weighted by Gasteiger charge is 2.37. The van der Waals surface area contributed by atoms with Gasteiger partial charge in [-0.15, -0.1) is 0 Å². The Bertz CT molecular complexity index is 290. The maximum atomic E-state index is 11.6. The summed E-state index contributed by atoms with van der Waals surface area (Å²) in [5.74, 6) is -0.699. The number of rotatable bonds is 4. The maximum absolute atomic E-state index is 11.6. The van der Waals surface area contributed by atoms with Gasteiger partial charge in [0.25, 0.3) is 0 Å². The molecular formula is C18H35NO2. The number of likely N-dealkylation sites (N-methyl/N-ethyl adjacent to an activating group) is 1. The van der Waals surface area contributed by atoms with Crippen molar-refractivity contribution < 1.29 is 9.90 Å². The second-order valence-electron chi connectivity index (χ2n) is 7.06. The molecule has 1 rings (SSSR count). The monoisotopic (exact) mass is 297 g/mol. The van der Waals surface area contributed by atoms with Crippen LogP contribution in [0, 0.1) is 0 Å². The van der Waals surface area contributed by atoms with E-state index in [1.807, 2.05) is 13.8 Å². The minimum absolute atomic E-state index is 0.431. The molecule has 0 spiro atoms. The summed E-state index contributed by atoms with van der Waals surface area (Å²) in [4.78, 5) is 13.8. The van der Waals surface area contributed by atoms with E-state index >= 15 is 0 Å². The Balaban J connectivity index is 2.69. The average molecular weight is 297 g/mol. The quantitative estimate of drug-likeness (QED) is 0.806. The zero-order valence-corrected chi connectivity index (χ0v) is 14.4. The van der Waals surface area contributed by atoms with Crippen LogP contribution in [0.3, 0.4) is 0 Å². The van der Waals surface area contributed by atoms with E-state index in [1.54, 1.807) is 0 Å². The van der Waals surface area contributed by atoms with E-state index in [4.69, 9.17) is 0 Å². The van der Waals surface area contributed by atoms with Crippen molar-refractivity contribution in [3.05, 3.63) is 0 Å². The van der Waals surface area contributed by atoms with E-state index in [-0.39, 0.29) is 0 Å². The lowest BCUT2D eigenvalue weighted by Crippen LogP contribution is -2.54. The number of carboxylic acid groups (broad SMARTS) is 1. The van der Waals surface area contributed by atoms with Crippen molar-refractivity contribution in [1.29, 1.82) is 0 Å². The van der Waals surface area contributed by atoms with Gasteiger partial charge in [0.15, 0.2) is 0 Å². The molecule has 1 aliphatic rings. The molecule has 1 saturated carbocycles. The highest BCUT2D eigenvalue weighted by Crippen LogP contribution is 2.26. The third-order valence-electron chi connectivity index (χ3n) is 5.10. The summed E-state index contributed by atoms with van der Waals surface area (Å²) in [6.45, 7) is 6.63. The Labute approximate surface area is 131 Å². The van der Waals surface area contributed by atoms with Gasteiger partial charge in [0.05, 0.1) is 0 Å². The highest BCUT2D eigenvalue weighted by molar-refractivity contribution is 5.77. The van der Waals surface area contributed by atoms with Gasteiger partial charge in [0.1, 0.15) is 5.54 Å². The number of aliphatic carboxylic acids is 1. The Morgan fingerprint density at radius 3 is 1.67 bits per heavy atom. The van der Waals surface area contributed by atoms with E-state index in [0.717, 1.165) is 19.4 Å². The van der Waals surface area contributed by atoms with Gasteiger partial charge in [-0.3, -0.25) is 9.69 Å². The van der Waals surface area contributed by atoms with Crippen LogP contribution >= 0.6 is 0 Å². The van der Waals surface area contributed by atoms with Gasteiger partial charge in [-0.1, -0.05) is 64.7 Å². The largest absolute Gasteiger partial charge is 0.480 e. The van der Waals surface area contributed by atoms with Gasteiger partial charge in [-0.2, -0.15) is 0 Å². The third kappa shape index (κ3) is 5.98. The highest BCUT2D eigenvalue weighted by atomic mass is 16.4. The zero-order chi connectivity index (χ0) is 15.7. The summed E-state index contributed by atoms with van der Waals surface area (Å²) in [5.41, 5.74) is -0.753. The molecule has 0 aromatic heterocycles. The number of carboxylic acids is 1. The Morgan fingerprint density at radius 1 is 0.952 bits per heavy atom. The summed E-state index contributed by atoms with van der Waals surface area (Å²) in [6.07, 6.45) is 14.3. The van der Waals surface area contributed by atoms with Crippen molar-refractivity contribution in [2.75, 3.05) is 6.54 Å². The Hall–Kier alpha value is -0.570. The molecule has 3 nitrogen and oxygen atoms in total. The van der Waals surface area contributed by atoms with E-state index in [1.165, 1.54) is 57.8 Å². The molecule has 0 aromatic rings. The Kier molecular flexibility index (Phi) is 8.31. The average Bonchev–Trinajstić information content (AvgIpc) is 2.41. The molecule has 0 unspecified atom stereocenters. The van der Waals surface area contributed by atoms with E-state index in [2.05, 4.69) is 11.8 Å². The number of hydrogen-bond acceptors (Lipinski definition) is 2.